The predicted molar refractivity (Wildman–Crippen MR) is 113 cm³/mol. The third-order valence-electron chi connectivity index (χ3n) is 5.76. The van der Waals surface area contributed by atoms with E-state index in [0.717, 1.165) is 29.0 Å². The number of benzene rings is 1. The Hall–Kier alpha value is -3.92. The van der Waals surface area contributed by atoms with Crippen LogP contribution in [-0.2, 0) is 4.74 Å². The molecule has 0 unspecified atom stereocenters. The van der Waals surface area contributed by atoms with Crippen molar-refractivity contribution in [3.05, 3.63) is 66.3 Å². The van der Waals surface area contributed by atoms with E-state index < -0.39 is 0 Å². The van der Waals surface area contributed by atoms with Gasteiger partial charge in [0.05, 0.1) is 17.2 Å². The Morgan fingerprint density at radius 1 is 1.03 bits per heavy atom. The number of pyridine rings is 1. The van der Waals surface area contributed by atoms with Crippen molar-refractivity contribution < 1.29 is 13.9 Å². The molecule has 6 rings (SSSR count). The van der Waals surface area contributed by atoms with E-state index in [0.29, 0.717) is 41.4 Å². The number of rotatable bonds is 3. The molecule has 4 aromatic heterocycles. The van der Waals surface area contributed by atoms with Gasteiger partial charge in [-0.1, -0.05) is 0 Å². The van der Waals surface area contributed by atoms with Crippen LogP contribution in [0.4, 0.5) is 4.39 Å². The van der Waals surface area contributed by atoms with E-state index in [1.807, 2.05) is 0 Å². The molecule has 32 heavy (non-hydrogen) atoms. The van der Waals surface area contributed by atoms with E-state index in [9.17, 15) is 9.60 Å². The zero-order valence-corrected chi connectivity index (χ0v) is 16.9. The molecule has 0 amide bonds. The number of imidazole rings is 2. The second-order valence-corrected chi connectivity index (χ2v) is 7.72. The van der Waals surface area contributed by atoms with Gasteiger partial charge in [0.2, 0.25) is 5.95 Å². The lowest BCUT2D eigenvalue weighted by atomic mass is 10.1. The zero-order valence-electron chi connectivity index (χ0n) is 16.9. The molecule has 5 heterocycles. The van der Waals surface area contributed by atoms with E-state index in [1.165, 1.54) is 24.5 Å². The molecule has 1 saturated heterocycles. The maximum atomic E-state index is 13.9. The molecular weight excluding hydrogens is 413 g/mol. The smallest absolute Gasteiger partial charge is 0.237 e. The first-order valence-corrected chi connectivity index (χ1v) is 10.3. The minimum Gasteiger partial charge on any atom is -0.619 e. The van der Waals surface area contributed by atoms with Crippen molar-refractivity contribution in [2.45, 2.75) is 18.9 Å². The van der Waals surface area contributed by atoms with Crippen molar-refractivity contribution in [3.8, 4) is 17.3 Å². The second-order valence-electron chi connectivity index (χ2n) is 7.72. The van der Waals surface area contributed by atoms with Gasteiger partial charge in [0.1, 0.15) is 23.5 Å². The SMILES string of the molecule is [O-][n+]1ccc(-c2nc3cnc(-n4cnc5ccc(F)cc54)nc3n2C2CCOCC2)cc1. The molecule has 9 nitrogen and oxygen atoms in total. The topological polar surface area (TPSA) is 97.6 Å². The fraction of sp³-hybridized carbons (Fsp3) is 0.227. The van der Waals surface area contributed by atoms with Crippen LogP contribution in [0, 0.1) is 11.0 Å². The summed E-state index contributed by atoms with van der Waals surface area (Å²) in [6.45, 7) is 1.31. The molecule has 0 radical (unpaired) electrons. The van der Waals surface area contributed by atoms with Crippen molar-refractivity contribution in [3.63, 3.8) is 0 Å². The number of nitrogens with zero attached hydrogens (tertiary/aromatic N) is 7. The predicted octanol–water partition coefficient (Wildman–Crippen LogP) is 2.96. The van der Waals surface area contributed by atoms with Gasteiger partial charge in [0.15, 0.2) is 18.0 Å². The van der Waals surface area contributed by atoms with E-state index in [-0.39, 0.29) is 11.9 Å². The first-order chi connectivity index (χ1) is 15.7. The highest BCUT2D eigenvalue weighted by atomic mass is 19.1. The lowest BCUT2D eigenvalue weighted by Crippen LogP contribution is -2.24. The van der Waals surface area contributed by atoms with Crippen LogP contribution in [0.15, 0.2) is 55.2 Å². The Labute approximate surface area is 181 Å². The highest BCUT2D eigenvalue weighted by Crippen LogP contribution is 2.32. The van der Waals surface area contributed by atoms with Gasteiger partial charge in [0, 0.05) is 43.0 Å². The van der Waals surface area contributed by atoms with Gasteiger partial charge in [-0.25, -0.2) is 19.3 Å². The molecule has 5 aromatic rings. The fourth-order valence-electron chi connectivity index (χ4n) is 4.19. The van der Waals surface area contributed by atoms with Crippen LogP contribution >= 0.6 is 0 Å². The summed E-state index contributed by atoms with van der Waals surface area (Å²) in [5, 5.41) is 11.5. The molecule has 1 aliphatic heterocycles. The average Bonchev–Trinajstić information content (AvgIpc) is 3.41. The quantitative estimate of drug-likeness (QED) is 0.322. The van der Waals surface area contributed by atoms with Crippen molar-refractivity contribution in [1.82, 2.24) is 29.1 Å². The molecule has 0 aliphatic carbocycles. The number of fused-ring (bicyclic) bond motifs is 2. The molecular formula is C22H18FN7O2. The third kappa shape index (κ3) is 3.07. The summed E-state index contributed by atoms with van der Waals surface area (Å²) < 4.78 is 23.9. The fourth-order valence-corrected chi connectivity index (χ4v) is 4.19. The van der Waals surface area contributed by atoms with Crippen molar-refractivity contribution in [2.24, 2.45) is 0 Å². The minimum atomic E-state index is -0.352. The summed E-state index contributed by atoms with van der Waals surface area (Å²) in [7, 11) is 0. The van der Waals surface area contributed by atoms with Crippen LogP contribution in [0.2, 0.25) is 0 Å². The highest BCUT2D eigenvalue weighted by molar-refractivity contribution is 5.79. The molecule has 0 spiro atoms. The van der Waals surface area contributed by atoms with E-state index >= 15 is 0 Å². The number of hydrogen-bond acceptors (Lipinski definition) is 6. The first kappa shape index (κ1) is 18.8. The zero-order chi connectivity index (χ0) is 21.7. The van der Waals surface area contributed by atoms with Crippen LogP contribution in [0.1, 0.15) is 18.9 Å². The first-order valence-electron chi connectivity index (χ1n) is 10.3. The van der Waals surface area contributed by atoms with E-state index in [1.54, 1.807) is 35.3 Å². The monoisotopic (exact) mass is 431 g/mol. The van der Waals surface area contributed by atoms with Gasteiger partial charge in [-0.2, -0.15) is 9.71 Å². The van der Waals surface area contributed by atoms with Crippen LogP contribution in [0.5, 0.6) is 0 Å². The largest absolute Gasteiger partial charge is 0.619 e. The second kappa shape index (κ2) is 7.34. The molecule has 160 valence electrons. The van der Waals surface area contributed by atoms with Crippen LogP contribution in [-0.4, -0.2) is 42.3 Å². The Bertz CT molecular complexity index is 1440. The Morgan fingerprint density at radius 2 is 1.84 bits per heavy atom. The number of ether oxygens (including phenoxy) is 1. The molecule has 0 N–H and O–H groups in total. The summed E-state index contributed by atoms with van der Waals surface area (Å²) in [5.74, 6) is 0.755. The number of halogens is 1. The molecule has 1 aliphatic rings. The maximum Gasteiger partial charge on any atom is 0.237 e. The van der Waals surface area contributed by atoms with Crippen molar-refractivity contribution in [1.29, 1.82) is 0 Å². The molecule has 0 bridgehead atoms. The van der Waals surface area contributed by atoms with Gasteiger partial charge >= 0.3 is 0 Å². The lowest BCUT2D eigenvalue weighted by Gasteiger charge is -2.25. The summed E-state index contributed by atoms with van der Waals surface area (Å²) in [5.41, 5.74) is 3.38. The normalized spacial score (nSPS) is 15.0. The lowest BCUT2D eigenvalue weighted by molar-refractivity contribution is -0.605. The molecule has 10 heteroatoms. The Kier molecular flexibility index (Phi) is 4.32. The van der Waals surface area contributed by atoms with Gasteiger partial charge in [-0.3, -0.25) is 4.57 Å². The van der Waals surface area contributed by atoms with Gasteiger partial charge in [-0.15, -0.1) is 0 Å². The van der Waals surface area contributed by atoms with E-state index in [4.69, 9.17) is 14.7 Å². The van der Waals surface area contributed by atoms with Gasteiger partial charge in [0.25, 0.3) is 0 Å². The summed E-state index contributed by atoms with van der Waals surface area (Å²) in [6, 6.07) is 8.04. The molecule has 0 saturated carbocycles. The van der Waals surface area contributed by atoms with Crippen LogP contribution in [0.25, 0.3) is 39.5 Å². The number of aromatic nitrogens is 7. The highest BCUT2D eigenvalue weighted by Gasteiger charge is 2.24. The molecule has 1 aromatic carbocycles. The number of hydrogen-bond donors (Lipinski definition) is 0. The summed E-state index contributed by atoms with van der Waals surface area (Å²) in [6.07, 6.45) is 7.81. The third-order valence-corrected chi connectivity index (χ3v) is 5.76. The summed E-state index contributed by atoms with van der Waals surface area (Å²) in [4.78, 5) is 18.4. The van der Waals surface area contributed by atoms with E-state index in [2.05, 4.69) is 14.5 Å². The average molecular weight is 431 g/mol. The van der Waals surface area contributed by atoms with Gasteiger partial charge in [-0.05, 0) is 25.0 Å². The standard InChI is InChI=1S/C22H18FN7O2/c23-15-1-2-17-19(11-15)29(13-25-17)22-24-12-18-21(27-22)30(16-5-9-32-10-6-16)20(26-18)14-3-7-28(31)8-4-14/h1-4,7-8,11-13,16H,5-6,9-10H2. The molecule has 1 fully saturated rings. The van der Waals surface area contributed by atoms with Crippen molar-refractivity contribution >= 4 is 22.2 Å². The maximum absolute atomic E-state index is 13.9. The van der Waals surface area contributed by atoms with Gasteiger partial charge < -0.3 is 14.5 Å². The molecule has 0 atom stereocenters. The minimum absolute atomic E-state index is 0.142. The van der Waals surface area contributed by atoms with Crippen LogP contribution < -0.4 is 4.73 Å². The Balaban J connectivity index is 1.56. The van der Waals surface area contributed by atoms with Crippen molar-refractivity contribution in [2.75, 3.05) is 13.2 Å². The Morgan fingerprint density at radius 3 is 2.66 bits per heavy atom. The van der Waals surface area contributed by atoms with Crippen LogP contribution in [0.3, 0.4) is 0 Å². The summed E-state index contributed by atoms with van der Waals surface area (Å²) >= 11 is 0.